The zero-order chi connectivity index (χ0) is 17.6. The first kappa shape index (κ1) is 16.8. The quantitative estimate of drug-likeness (QED) is 0.752. The minimum absolute atomic E-state index is 0.0961. The predicted octanol–water partition coefficient (Wildman–Crippen LogP) is 2.79. The number of pyridine rings is 1. The highest BCUT2D eigenvalue weighted by Crippen LogP contribution is 2.21. The molecule has 3 rings (SSSR count). The molecule has 3 aromatic rings. The van der Waals surface area contributed by atoms with E-state index in [2.05, 4.69) is 15.3 Å². The van der Waals surface area contributed by atoms with Crippen molar-refractivity contribution in [2.24, 2.45) is 7.05 Å². The fourth-order valence-corrected chi connectivity index (χ4v) is 2.64. The molecule has 0 aliphatic rings. The lowest BCUT2D eigenvalue weighted by molar-refractivity contribution is -0.121. The highest BCUT2D eigenvalue weighted by Gasteiger charge is 2.20. The van der Waals surface area contributed by atoms with E-state index < -0.39 is 6.04 Å². The Morgan fingerprint density at radius 3 is 2.68 bits per heavy atom. The molecule has 1 N–H and O–H groups in total. The molecule has 1 atom stereocenters. The summed E-state index contributed by atoms with van der Waals surface area (Å²) in [6.45, 7) is 0. The van der Waals surface area contributed by atoms with Crippen LogP contribution in [0.4, 0.5) is 4.39 Å². The lowest BCUT2D eigenvalue weighted by Crippen LogP contribution is -2.31. The van der Waals surface area contributed by atoms with Crippen molar-refractivity contribution in [3.8, 4) is 0 Å². The van der Waals surface area contributed by atoms with Crippen molar-refractivity contribution in [1.82, 2.24) is 19.9 Å². The summed E-state index contributed by atoms with van der Waals surface area (Å²) in [5.41, 5.74) is 1.79. The molecule has 0 aliphatic carbocycles. The molecule has 128 valence electrons. The minimum Gasteiger partial charge on any atom is -0.342 e. The Morgan fingerprint density at radius 2 is 2.04 bits per heavy atom. The number of imidazole rings is 1. The van der Waals surface area contributed by atoms with Gasteiger partial charge >= 0.3 is 0 Å². The fourth-order valence-electron chi connectivity index (χ4n) is 2.64. The number of halogens is 1. The number of aromatic nitrogens is 3. The van der Waals surface area contributed by atoms with Crippen LogP contribution in [0.5, 0.6) is 0 Å². The summed E-state index contributed by atoms with van der Waals surface area (Å²) in [6, 6.07) is 9.45. The van der Waals surface area contributed by atoms with Gasteiger partial charge in [-0.2, -0.15) is 0 Å². The van der Waals surface area contributed by atoms with Gasteiger partial charge in [0.1, 0.15) is 17.7 Å². The van der Waals surface area contributed by atoms with Gasteiger partial charge in [-0.25, -0.2) is 9.37 Å². The maximum atomic E-state index is 13.2. The number of nitrogens with zero attached hydrogens (tertiary/aromatic N) is 3. The number of rotatable bonds is 6. The number of benzene rings is 1. The van der Waals surface area contributed by atoms with E-state index in [-0.39, 0.29) is 11.7 Å². The van der Waals surface area contributed by atoms with E-state index in [1.165, 1.54) is 12.1 Å². The van der Waals surface area contributed by atoms with Crippen LogP contribution in [0.15, 0.2) is 61.2 Å². The molecule has 0 saturated carbocycles. The number of nitrogens with one attached hydrogen (secondary N) is 1. The van der Waals surface area contributed by atoms with Crippen LogP contribution >= 0.6 is 0 Å². The first-order valence-corrected chi connectivity index (χ1v) is 8.04. The second kappa shape index (κ2) is 7.70. The predicted molar refractivity (Wildman–Crippen MR) is 92.2 cm³/mol. The summed E-state index contributed by atoms with van der Waals surface area (Å²) in [7, 11) is 1.86. The van der Waals surface area contributed by atoms with E-state index in [1.54, 1.807) is 30.7 Å². The van der Waals surface area contributed by atoms with Crippen LogP contribution in [-0.2, 0) is 18.3 Å². The van der Waals surface area contributed by atoms with Gasteiger partial charge in [0.05, 0.1) is 0 Å². The van der Waals surface area contributed by atoms with E-state index >= 15 is 0 Å². The van der Waals surface area contributed by atoms with Crippen molar-refractivity contribution in [1.29, 1.82) is 0 Å². The Morgan fingerprint density at radius 1 is 1.24 bits per heavy atom. The molecule has 25 heavy (non-hydrogen) atoms. The number of amides is 1. The van der Waals surface area contributed by atoms with Crippen LogP contribution in [0.1, 0.15) is 29.4 Å². The molecule has 0 fully saturated rings. The van der Waals surface area contributed by atoms with Gasteiger partial charge in [0.25, 0.3) is 0 Å². The van der Waals surface area contributed by atoms with Gasteiger partial charge < -0.3 is 9.88 Å². The summed E-state index contributed by atoms with van der Waals surface area (Å²) in [4.78, 5) is 20.8. The first-order chi connectivity index (χ1) is 12.1. The van der Waals surface area contributed by atoms with E-state index in [1.807, 2.05) is 29.9 Å². The average Bonchev–Trinajstić information content (AvgIpc) is 3.05. The Balaban J connectivity index is 1.74. The molecule has 5 nitrogen and oxygen atoms in total. The molecule has 0 aliphatic heterocycles. The zero-order valence-corrected chi connectivity index (χ0v) is 13.9. The third kappa shape index (κ3) is 4.29. The van der Waals surface area contributed by atoms with E-state index in [4.69, 9.17) is 0 Å². The van der Waals surface area contributed by atoms with Crippen molar-refractivity contribution in [3.05, 3.63) is 84.0 Å². The van der Waals surface area contributed by atoms with Crippen molar-refractivity contribution in [3.63, 3.8) is 0 Å². The largest absolute Gasteiger partial charge is 0.342 e. The molecule has 0 spiro atoms. The third-order valence-electron chi connectivity index (χ3n) is 3.99. The molecule has 0 saturated heterocycles. The summed E-state index contributed by atoms with van der Waals surface area (Å²) < 4.78 is 15.1. The smallest absolute Gasteiger partial charge is 0.221 e. The summed E-state index contributed by atoms with van der Waals surface area (Å²) in [5, 5.41) is 3.00. The lowest BCUT2D eigenvalue weighted by atomic mass is 10.1. The lowest BCUT2D eigenvalue weighted by Gasteiger charge is -2.19. The molecule has 2 aromatic heterocycles. The summed E-state index contributed by atoms with van der Waals surface area (Å²) in [5.74, 6) is 0.285. The maximum absolute atomic E-state index is 13.2. The maximum Gasteiger partial charge on any atom is 0.221 e. The Labute approximate surface area is 145 Å². The van der Waals surface area contributed by atoms with E-state index in [0.717, 1.165) is 11.1 Å². The van der Waals surface area contributed by atoms with E-state index in [0.29, 0.717) is 18.7 Å². The molecule has 1 aromatic carbocycles. The SMILES string of the molecule is Cn1ccnc1[C@@H](NC(=O)CCc1cccnc1)c1ccc(F)cc1. The zero-order valence-electron chi connectivity index (χ0n) is 13.9. The first-order valence-electron chi connectivity index (χ1n) is 8.04. The Bertz CT molecular complexity index is 830. The molecule has 1 amide bonds. The number of hydrogen-bond donors (Lipinski definition) is 1. The molecule has 2 heterocycles. The highest BCUT2D eigenvalue weighted by molar-refractivity contribution is 5.77. The normalized spacial score (nSPS) is 11.9. The second-order valence-corrected chi connectivity index (χ2v) is 5.81. The van der Waals surface area contributed by atoms with Crippen LogP contribution in [0.2, 0.25) is 0 Å². The van der Waals surface area contributed by atoms with Crippen LogP contribution in [-0.4, -0.2) is 20.4 Å². The van der Waals surface area contributed by atoms with Gasteiger partial charge in [-0.05, 0) is 35.7 Å². The van der Waals surface area contributed by atoms with Crippen LogP contribution < -0.4 is 5.32 Å². The second-order valence-electron chi connectivity index (χ2n) is 5.81. The van der Waals surface area contributed by atoms with Crippen LogP contribution in [0.3, 0.4) is 0 Å². The average molecular weight is 338 g/mol. The van der Waals surface area contributed by atoms with Crippen molar-refractivity contribution >= 4 is 5.91 Å². The topological polar surface area (TPSA) is 59.8 Å². The molecule has 0 radical (unpaired) electrons. The standard InChI is InChI=1S/C19H19FN4O/c1-24-12-11-22-19(24)18(15-5-7-16(20)8-6-15)23-17(25)9-4-14-3-2-10-21-13-14/h2-3,5-8,10-13,18H,4,9H2,1H3,(H,23,25)/t18-/m0/s1. The van der Waals surface area contributed by atoms with Crippen molar-refractivity contribution in [2.45, 2.75) is 18.9 Å². The van der Waals surface area contributed by atoms with E-state index in [9.17, 15) is 9.18 Å². The third-order valence-corrected chi connectivity index (χ3v) is 3.99. The van der Waals surface area contributed by atoms with Crippen LogP contribution in [0.25, 0.3) is 0 Å². The van der Waals surface area contributed by atoms with Gasteiger partial charge in [-0.3, -0.25) is 9.78 Å². The molecule has 0 unspecified atom stereocenters. The van der Waals surface area contributed by atoms with Crippen molar-refractivity contribution in [2.75, 3.05) is 0 Å². The number of carbonyl (C=O) groups is 1. The Kier molecular flexibility index (Phi) is 5.18. The number of aryl methyl sites for hydroxylation is 2. The van der Waals surface area contributed by atoms with Crippen molar-refractivity contribution < 1.29 is 9.18 Å². The van der Waals surface area contributed by atoms with Crippen LogP contribution in [0, 0.1) is 5.82 Å². The summed E-state index contributed by atoms with van der Waals surface area (Å²) in [6.07, 6.45) is 7.89. The monoisotopic (exact) mass is 338 g/mol. The Hall–Kier alpha value is -3.02. The van der Waals surface area contributed by atoms with Gasteiger partial charge in [0, 0.05) is 38.3 Å². The minimum atomic E-state index is -0.429. The highest BCUT2D eigenvalue weighted by atomic mass is 19.1. The molecular formula is C19H19FN4O. The molecule has 0 bridgehead atoms. The van der Waals surface area contributed by atoms with Gasteiger partial charge in [-0.15, -0.1) is 0 Å². The summed E-state index contributed by atoms with van der Waals surface area (Å²) >= 11 is 0. The number of carbonyl (C=O) groups excluding carboxylic acids is 1. The number of hydrogen-bond acceptors (Lipinski definition) is 3. The molecular weight excluding hydrogens is 319 g/mol. The van der Waals surface area contributed by atoms with Gasteiger partial charge in [-0.1, -0.05) is 18.2 Å². The molecule has 6 heteroatoms. The van der Waals surface area contributed by atoms with Gasteiger partial charge in [0.2, 0.25) is 5.91 Å². The fraction of sp³-hybridized carbons (Fsp3) is 0.211. The van der Waals surface area contributed by atoms with Gasteiger partial charge in [0.15, 0.2) is 0 Å².